The molecular weight excluding hydrogens is 210 g/mol. The first kappa shape index (κ1) is 14.0. The Bertz CT molecular complexity index is 336. The Morgan fingerprint density at radius 2 is 2.06 bits per heavy atom. The Morgan fingerprint density at radius 3 is 2.59 bits per heavy atom. The molecule has 0 amide bonds. The molecule has 0 bridgehead atoms. The van der Waals surface area contributed by atoms with Crippen molar-refractivity contribution in [1.82, 2.24) is 5.32 Å². The third kappa shape index (κ3) is 4.04. The molecule has 0 aliphatic rings. The largest absolute Gasteiger partial charge is 0.496 e. The average Bonchev–Trinajstić information content (AvgIpc) is 2.35. The maximum absolute atomic E-state index is 5.29. The van der Waals surface area contributed by atoms with E-state index in [9.17, 15) is 0 Å². The highest BCUT2D eigenvalue weighted by Crippen LogP contribution is 2.25. The second-order valence-corrected chi connectivity index (χ2v) is 4.57. The van der Waals surface area contributed by atoms with Crippen LogP contribution in [0.15, 0.2) is 18.2 Å². The van der Waals surface area contributed by atoms with Gasteiger partial charge in [-0.05, 0) is 37.6 Å². The van der Waals surface area contributed by atoms with Crippen molar-refractivity contribution >= 4 is 0 Å². The molecule has 1 atom stereocenters. The molecule has 0 fully saturated rings. The first-order valence-corrected chi connectivity index (χ1v) is 6.54. The highest BCUT2D eigenvalue weighted by Gasteiger charge is 2.10. The quantitative estimate of drug-likeness (QED) is 0.725. The SMILES string of the molecule is CCCCCC(NC)c1ccc(OC)c(C)c1. The van der Waals surface area contributed by atoms with Crippen LogP contribution in [0.4, 0.5) is 0 Å². The Hall–Kier alpha value is -1.02. The van der Waals surface area contributed by atoms with Crippen LogP contribution in [0.25, 0.3) is 0 Å². The second-order valence-electron chi connectivity index (χ2n) is 4.57. The fourth-order valence-electron chi connectivity index (χ4n) is 2.19. The van der Waals surface area contributed by atoms with E-state index in [1.807, 2.05) is 7.05 Å². The van der Waals surface area contributed by atoms with E-state index in [2.05, 4.69) is 37.4 Å². The first-order chi connectivity index (χ1) is 8.22. The number of methoxy groups -OCH3 is 1. The van der Waals surface area contributed by atoms with E-state index in [0.29, 0.717) is 6.04 Å². The van der Waals surface area contributed by atoms with Crippen molar-refractivity contribution in [3.05, 3.63) is 29.3 Å². The molecule has 17 heavy (non-hydrogen) atoms. The van der Waals surface area contributed by atoms with Crippen LogP contribution in [0, 0.1) is 6.92 Å². The van der Waals surface area contributed by atoms with Gasteiger partial charge in [0, 0.05) is 6.04 Å². The zero-order valence-electron chi connectivity index (χ0n) is 11.5. The molecule has 0 aliphatic heterocycles. The topological polar surface area (TPSA) is 21.3 Å². The van der Waals surface area contributed by atoms with E-state index < -0.39 is 0 Å². The summed E-state index contributed by atoms with van der Waals surface area (Å²) >= 11 is 0. The van der Waals surface area contributed by atoms with Crippen LogP contribution >= 0.6 is 0 Å². The monoisotopic (exact) mass is 235 g/mol. The van der Waals surface area contributed by atoms with Crippen molar-refractivity contribution < 1.29 is 4.74 Å². The Balaban J connectivity index is 2.71. The van der Waals surface area contributed by atoms with Crippen LogP contribution in [0.5, 0.6) is 5.75 Å². The first-order valence-electron chi connectivity index (χ1n) is 6.54. The van der Waals surface area contributed by atoms with Crippen molar-refractivity contribution in [3.63, 3.8) is 0 Å². The normalized spacial score (nSPS) is 12.5. The molecule has 1 aromatic rings. The van der Waals surface area contributed by atoms with Crippen molar-refractivity contribution in [2.24, 2.45) is 0 Å². The minimum absolute atomic E-state index is 0.464. The number of hydrogen-bond acceptors (Lipinski definition) is 2. The molecule has 0 saturated heterocycles. The number of hydrogen-bond donors (Lipinski definition) is 1. The second kappa shape index (κ2) is 7.33. The number of aryl methyl sites for hydroxylation is 1. The van der Waals surface area contributed by atoms with Gasteiger partial charge in [-0.25, -0.2) is 0 Å². The molecule has 0 saturated carbocycles. The Kier molecular flexibility index (Phi) is 6.06. The molecule has 0 radical (unpaired) electrons. The summed E-state index contributed by atoms with van der Waals surface area (Å²) in [5.41, 5.74) is 2.57. The summed E-state index contributed by atoms with van der Waals surface area (Å²) < 4.78 is 5.29. The van der Waals surface area contributed by atoms with Crippen molar-refractivity contribution in [3.8, 4) is 5.75 Å². The smallest absolute Gasteiger partial charge is 0.121 e. The van der Waals surface area contributed by atoms with Crippen molar-refractivity contribution in [1.29, 1.82) is 0 Å². The molecule has 0 aromatic heterocycles. The van der Waals surface area contributed by atoms with Crippen LogP contribution in [0.2, 0.25) is 0 Å². The number of ether oxygens (including phenoxy) is 1. The summed E-state index contributed by atoms with van der Waals surface area (Å²) in [5.74, 6) is 0.970. The predicted molar refractivity (Wildman–Crippen MR) is 73.7 cm³/mol. The third-order valence-electron chi connectivity index (χ3n) is 3.27. The van der Waals surface area contributed by atoms with Gasteiger partial charge in [0.25, 0.3) is 0 Å². The van der Waals surface area contributed by atoms with Crippen molar-refractivity contribution in [2.45, 2.75) is 45.6 Å². The van der Waals surface area contributed by atoms with E-state index in [1.54, 1.807) is 7.11 Å². The molecule has 0 spiro atoms. The molecule has 1 unspecified atom stereocenters. The van der Waals surface area contributed by atoms with Gasteiger partial charge in [0.2, 0.25) is 0 Å². The fourth-order valence-corrected chi connectivity index (χ4v) is 2.19. The molecule has 96 valence electrons. The molecule has 1 N–H and O–H groups in total. The Labute approximate surface area is 105 Å². The van der Waals surface area contributed by atoms with Gasteiger partial charge in [0.15, 0.2) is 0 Å². The Morgan fingerprint density at radius 1 is 1.29 bits per heavy atom. The van der Waals surface area contributed by atoms with Crippen LogP contribution in [0.3, 0.4) is 0 Å². The molecular formula is C15H25NO. The van der Waals surface area contributed by atoms with E-state index in [-0.39, 0.29) is 0 Å². The van der Waals surface area contributed by atoms with Crippen molar-refractivity contribution in [2.75, 3.05) is 14.2 Å². The van der Waals surface area contributed by atoms with Gasteiger partial charge < -0.3 is 10.1 Å². The van der Waals surface area contributed by atoms with Gasteiger partial charge in [0.05, 0.1) is 7.11 Å². The number of unbranched alkanes of at least 4 members (excludes halogenated alkanes) is 2. The van der Waals surface area contributed by atoms with E-state index in [1.165, 1.54) is 36.8 Å². The summed E-state index contributed by atoms with van der Waals surface area (Å²) in [4.78, 5) is 0. The lowest BCUT2D eigenvalue weighted by atomic mass is 9.99. The number of benzene rings is 1. The number of rotatable bonds is 7. The highest BCUT2D eigenvalue weighted by atomic mass is 16.5. The molecule has 0 heterocycles. The average molecular weight is 235 g/mol. The predicted octanol–water partition coefficient (Wildman–Crippen LogP) is 3.84. The molecule has 1 rings (SSSR count). The minimum Gasteiger partial charge on any atom is -0.496 e. The lowest BCUT2D eigenvalue weighted by Gasteiger charge is -2.18. The summed E-state index contributed by atoms with van der Waals surface area (Å²) in [5, 5.41) is 3.40. The lowest BCUT2D eigenvalue weighted by Crippen LogP contribution is -2.16. The molecule has 2 nitrogen and oxygen atoms in total. The van der Waals surface area contributed by atoms with Gasteiger partial charge in [-0.15, -0.1) is 0 Å². The van der Waals surface area contributed by atoms with E-state index in [0.717, 1.165) is 5.75 Å². The lowest BCUT2D eigenvalue weighted by molar-refractivity contribution is 0.411. The molecule has 1 aromatic carbocycles. The van der Waals surface area contributed by atoms with Gasteiger partial charge >= 0.3 is 0 Å². The summed E-state index contributed by atoms with van der Waals surface area (Å²) in [6.07, 6.45) is 5.08. The molecule has 2 heteroatoms. The van der Waals surface area contributed by atoms with E-state index >= 15 is 0 Å². The van der Waals surface area contributed by atoms with E-state index in [4.69, 9.17) is 4.74 Å². The van der Waals surface area contributed by atoms with Gasteiger partial charge in [-0.2, -0.15) is 0 Å². The van der Waals surface area contributed by atoms with Crippen LogP contribution < -0.4 is 10.1 Å². The minimum atomic E-state index is 0.464. The standard InChI is InChI=1S/C15H25NO/c1-5-6-7-8-14(16-3)13-9-10-15(17-4)12(2)11-13/h9-11,14,16H,5-8H2,1-4H3. The summed E-state index contributed by atoms with van der Waals surface area (Å²) in [6, 6.07) is 6.92. The maximum Gasteiger partial charge on any atom is 0.121 e. The van der Waals surface area contributed by atoms with Crippen LogP contribution in [-0.4, -0.2) is 14.2 Å². The maximum atomic E-state index is 5.29. The van der Waals surface area contributed by atoms with Crippen LogP contribution in [-0.2, 0) is 0 Å². The molecule has 0 aliphatic carbocycles. The zero-order chi connectivity index (χ0) is 12.7. The summed E-state index contributed by atoms with van der Waals surface area (Å²) in [7, 11) is 3.76. The summed E-state index contributed by atoms with van der Waals surface area (Å²) in [6.45, 7) is 4.34. The number of nitrogens with one attached hydrogen (secondary N) is 1. The van der Waals surface area contributed by atoms with Gasteiger partial charge in [0.1, 0.15) is 5.75 Å². The third-order valence-corrected chi connectivity index (χ3v) is 3.27. The van der Waals surface area contributed by atoms with Gasteiger partial charge in [-0.3, -0.25) is 0 Å². The highest BCUT2D eigenvalue weighted by molar-refractivity contribution is 5.37. The fraction of sp³-hybridized carbons (Fsp3) is 0.600. The van der Waals surface area contributed by atoms with Gasteiger partial charge in [-0.1, -0.05) is 38.3 Å². The zero-order valence-corrected chi connectivity index (χ0v) is 11.5. The van der Waals surface area contributed by atoms with Crippen LogP contribution in [0.1, 0.15) is 49.8 Å².